The standard InChI is InChI=1S/C30H34N4O3S/c1-30(2,3)22-12-14-23(15-13-22)36-16-17-37-24-11-7-8-20(18-24)19-25-26(31)34-29(32-27(25)35)38-28(33-34)21-9-5-4-6-10-21/h7-8,11-15,18-19,21,31H,4-6,9-10,16-17H2,1-3H3. The normalized spacial score (nSPS) is 19.3. The van der Waals surface area contributed by atoms with Gasteiger partial charge in [-0.2, -0.15) is 15.1 Å². The Morgan fingerprint density at radius 1 is 1.03 bits per heavy atom. The summed E-state index contributed by atoms with van der Waals surface area (Å²) in [6.45, 7) is 7.35. The van der Waals surface area contributed by atoms with Crippen LogP contribution in [0.1, 0.15) is 64.0 Å². The maximum atomic E-state index is 12.8. The molecule has 2 aromatic rings. The molecule has 1 amide bonds. The number of amides is 1. The summed E-state index contributed by atoms with van der Waals surface area (Å²) in [6, 6.07) is 15.6. The Morgan fingerprint density at radius 3 is 2.45 bits per heavy atom. The van der Waals surface area contributed by atoms with Gasteiger partial charge in [0.25, 0.3) is 5.91 Å². The van der Waals surface area contributed by atoms with Crippen LogP contribution in [0.15, 0.2) is 64.2 Å². The van der Waals surface area contributed by atoms with Gasteiger partial charge in [-0.1, -0.05) is 64.3 Å². The fourth-order valence-electron chi connectivity index (χ4n) is 4.75. The first kappa shape index (κ1) is 26.2. The van der Waals surface area contributed by atoms with Crippen LogP contribution in [0, 0.1) is 11.3 Å². The Hall–Kier alpha value is -3.39. The molecule has 1 fully saturated rings. The quantitative estimate of drug-likeness (QED) is 0.320. The topological polar surface area (TPSA) is 87.3 Å². The van der Waals surface area contributed by atoms with Crippen molar-refractivity contribution in [1.82, 2.24) is 5.01 Å². The average Bonchev–Trinajstić information content (AvgIpc) is 3.34. The number of carbonyl (C=O) groups excluding carboxylic acids is 1. The van der Waals surface area contributed by atoms with Gasteiger partial charge in [-0.3, -0.25) is 10.2 Å². The minimum Gasteiger partial charge on any atom is -0.490 e. The van der Waals surface area contributed by atoms with E-state index in [0.29, 0.717) is 30.0 Å². The van der Waals surface area contributed by atoms with Crippen LogP contribution in [0.2, 0.25) is 0 Å². The number of fused-ring (bicyclic) bond motifs is 1. The molecule has 1 aliphatic carbocycles. The summed E-state index contributed by atoms with van der Waals surface area (Å²) < 4.78 is 11.7. The van der Waals surface area contributed by atoms with Crippen molar-refractivity contribution in [1.29, 1.82) is 5.41 Å². The molecule has 1 saturated carbocycles. The van der Waals surface area contributed by atoms with Gasteiger partial charge < -0.3 is 9.47 Å². The summed E-state index contributed by atoms with van der Waals surface area (Å²) in [5, 5.41) is 16.3. The van der Waals surface area contributed by atoms with E-state index in [1.165, 1.54) is 41.6 Å². The van der Waals surface area contributed by atoms with E-state index in [1.807, 2.05) is 36.4 Å². The minimum atomic E-state index is -0.411. The molecule has 5 rings (SSSR count). The van der Waals surface area contributed by atoms with Crippen LogP contribution in [-0.4, -0.2) is 40.2 Å². The number of nitrogens with zero attached hydrogens (tertiary/aromatic N) is 3. The van der Waals surface area contributed by atoms with Crippen LogP contribution in [-0.2, 0) is 10.2 Å². The fourth-order valence-corrected chi connectivity index (χ4v) is 5.81. The molecular weight excluding hydrogens is 496 g/mol. The highest BCUT2D eigenvalue weighted by Crippen LogP contribution is 2.36. The number of hydrogen-bond donors (Lipinski definition) is 1. The monoisotopic (exact) mass is 530 g/mol. The van der Waals surface area contributed by atoms with Crippen molar-refractivity contribution >= 4 is 39.8 Å². The second-order valence-corrected chi connectivity index (χ2v) is 11.8. The lowest BCUT2D eigenvalue weighted by atomic mass is 9.87. The van der Waals surface area contributed by atoms with Crippen LogP contribution in [0.3, 0.4) is 0 Å². The van der Waals surface area contributed by atoms with Crippen LogP contribution in [0.25, 0.3) is 6.08 Å². The lowest BCUT2D eigenvalue weighted by molar-refractivity contribution is -0.114. The Balaban J connectivity index is 1.20. The van der Waals surface area contributed by atoms with E-state index in [4.69, 9.17) is 14.9 Å². The molecular formula is C30H34N4O3S. The number of ether oxygens (including phenoxy) is 2. The summed E-state index contributed by atoms with van der Waals surface area (Å²) >= 11 is 1.44. The number of hydrazone groups is 1. The van der Waals surface area contributed by atoms with Crippen molar-refractivity contribution in [2.45, 2.75) is 58.3 Å². The molecule has 0 radical (unpaired) electrons. The molecule has 0 atom stereocenters. The second kappa shape index (κ2) is 11.2. The van der Waals surface area contributed by atoms with Gasteiger partial charge in [0, 0.05) is 5.92 Å². The minimum absolute atomic E-state index is 0.0653. The number of thioether (sulfide) groups is 1. The molecule has 0 bridgehead atoms. The maximum Gasteiger partial charge on any atom is 0.283 e. The zero-order chi connectivity index (χ0) is 26.7. The van der Waals surface area contributed by atoms with E-state index in [9.17, 15) is 4.79 Å². The van der Waals surface area contributed by atoms with E-state index >= 15 is 0 Å². The molecule has 3 aliphatic rings. The van der Waals surface area contributed by atoms with Gasteiger partial charge in [-0.05, 0) is 71.5 Å². The molecule has 0 aromatic heterocycles. The summed E-state index contributed by atoms with van der Waals surface area (Å²) in [7, 11) is 0. The van der Waals surface area contributed by atoms with Gasteiger partial charge in [0.15, 0.2) is 5.84 Å². The molecule has 8 heteroatoms. The van der Waals surface area contributed by atoms with Crippen LogP contribution < -0.4 is 9.47 Å². The summed E-state index contributed by atoms with van der Waals surface area (Å²) in [5.74, 6) is 1.53. The Bertz CT molecular complexity index is 1300. The lowest BCUT2D eigenvalue weighted by Gasteiger charge is -2.20. The number of rotatable bonds is 7. The highest BCUT2D eigenvalue weighted by molar-refractivity contribution is 8.27. The van der Waals surface area contributed by atoms with Crippen LogP contribution in [0.5, 0.6) is 11.5 Å². The SMILES string of the molecule is CC(C)(C)c1ccc(OCCOc2cccc(C=C3C(=N)N4N=C(C5CCCCC5)SC4=NC3=O)c2)cc1. The van der Waals surface area contributed by atoms with Crippen molar-refractivity contribution in [2.24, 2.45) is 16.0 Å². The summed E-state index contributed by atoms with van der Waals surface area (Å²) in [5.41, 5.74) is 2.35. The third-order valence-corrected chi connectivity index (χ3v) is 8.01. The number of amidine groups is 2. The van der Waals surface area contributed by atoms with E-state index in [-0.39, 0.29) is 16.8 Å². The van der Waals surface area contributed by atoms with E-state index in [2.05, 4.69) is 43.0 Å². The van der Waals surface area contributed by atoms with Crippen molar-refractivity contribution in [3.05, 3.63) is 65.2 Å². The van der Waals surface area contributed by atoms with Crippen LogP contribution in [0.4, 0.5) is 0 Å². The molecule has 38 heavy (non-hydrogen) atoms. The van der Waals surface area contributed by atoms with Gasteiger partial charge >= 0.3 is 0 Å². The van der Waals surface area contributed by atoms with Crippen molar-refractivity contribution in [3.8, 4) is 11.5 Å². The zero-order valence-electron chi connectivity index (χ0n) is 22.2. The first-order valence-corrected chi connectivity index (χ1v) is 14.1. The van der Waals surface area contributed by atoms with Gasteiger partial charge in [0.05, 0.1) is 5.57 Å². The number of carbonyl (C=O) groups is 1. The third kappa shape index (κ3) is 6.01. The first-order chi connectivity index (χ1) is 18.3. The molecule has 0 saturated heterocycles. The van der Waals surface area contributed by atoms with E-state index in [1.54, 1.807) is 6.08 Å². The lowest BCUT2D eigenvalue weighted by Crippen LogP contribution is -2.35. The molecule has 2 aromatic carbocycles. The number of benzene rings is 2. The molecule has 7 nitrogen and oxygen atoms in total. The van der Waals surface area contributed by atoms with Gasteiger partial charge in [-0.15, -0.1) is 0 Å². The highest BCUT2D eigenvalue weighted by atomic mass is 32.2. The Labute approximate surface area is 228 Å². The summed E-state index contributed by atoms with van der Waals surface area (Å²) in [4.78, 5) is 17.0. The van der Waals surface area contributed by atoms with Crippen molar-refractivity contribution < 1.29 is 14.3 Å². The first-order valence-electron chi connectivity index (χ1n) is 13.2. The maximum absolute atomic E-state index is 12.8. The zero-order valence-corrected chi connectivity index (χ0v) is 23.0. The molecule has 2 aliphatic heterocycles. The molecule has 2 heterocycles. The Kier molecular flexibility index (Phi) is 7.70. The summed E-state index contributed by atoms with van der Waals surface area (Å²) in [6.07, 6.45) is 7.57. The molecule has 0 spiro atoms. The van der Waals surface area contributed by atoms with Crippen molar-refractivity contribution in [3.63, 3.8) is 0 Å². The average molecular weight is 531 g/mol. The van der Waals surface area contributed by atoms with Gasteiger partial charge in [-0.25, -0.2) is 0 Å². The second-order valence-electron chi connectivity index (χ2n) is 10.8. The molecule has 198 valence electrons. The fraction of sp³-hybridized carbons (Fsp3) is 0.400. The highest BCUT2D eigenvalue weighted by Gasteiger charge is 2.37. The predicted octanol–water partition coefficient (Wildman–Crippen LogP) is 6.64. The van der Waals surface area contributed by atoms with E-state index in [0.717, 1.165) is 29.2 Å². The smallest absolute Gasteiger partial charge is 0.283 e. The molecule has 0 unspecified atom stereocenters. The number of hydrogen-bond acceptors (Lipinski definition) is 6. The largest absolute Gasteiger partial charge is 0.490 e. The van der Waals surface area contributed by atoms with Gasteiger partial charge in [0.1, 0.15) is 29.8 Å². The van der Waals surface area contributed by atoms with Crippen LogP contribution >= 0.6 is 11.8 Å². The molecule has 1 N–H and O–H groups in total. The Morgan fingerprint density at radius 2 is 1.74 bits per heavy atom. The predicted molar refractivity (Wildman–Crippen MR) is 154 cm³/mol. The third-order valence-electron chi connectivity index (χ3n) is 6.93. The van der Waals surface area contributed by atoms with Crippen molar-refractivity contribution in [2.75, 3.05) is 13.2 Å². The van der Waals surface area contributed by atoms with Gasteiger partial charge in [0.2, 0.25) is 5.17 Å². The van der Waals surface area contributed by atoms with E-state index < -0.39 is 5.91 Å². The number of nitrogens with one attached hydrogen (secondary N) is 1. The number of aliphatic imine (C=N–C) groups is 1.